The third-order valence-electron chi connectivity index (χ3n) is 8.12. The van der Waals surface area contributed by atoms with Crippen LogP contribution in [0.15, 0.2) is 48.5 Å². The molecule has 0 radical (unpaired) electrons. The van der Waals surface area contributed by atoms with Crippen molar-refractivity contribution in [3.8, 4) is 5.75 Å². The van der Waals surface area contributed by atoms with Crippen LogP contribution in [0.5, 0.6) is 5.75 Å². The Balaban J connectivity index is 1.26. The molecular formula is C32H45NO. The molecule has 0 aliphatic heterocycles. The molecule has 2 aliphatic rings. The van der Waals surface area contributed by atoms with E-state index in [2.05, 4.69) is 66.0 Å². The Morgan fingerprint density at radius 2 is 1.06 bits per heavy atom. The predicted octanol–water partition coefficient (Wildman–Crippen LogP) is 9.37. The molecule has 0 aromatic heterocycles. The van der Waals surface area contributed by atoms with E-state index in [1.165, 1.54) is 101 Å². The second-order valence-electron chi connectivity index (χ2n) is 10.6. The molecule has 2 heteroatoms. The average Bonchev–Trinajstić information content (AvgIpc) is 2.96. The van der Waals surface area contributed by atoms with Crippen molar-refractivity contribution in [3.63, 3.8) is 0 Å². The predicted molar refractivity (Wildman–Crippen MR) is 147 cm³/mol. The molecule has 184 valence electrons. The lowest BCUT2D eigenvalue weighted by molar-refractivity contribution is 0.173. The topological polar surface area (TPSA) is 21.3 Å². The monoisotopic (exact) mass is 459 g/mol. The van der Waals surface area contributed by atoms with Crippen LogP contribution in [-0.4, -0.2) is 13.2 Å². The molecule has 2 saturated carbocycles. The lowest BCUT2D eigenvalue weighted by Crippen LogP contribution is -2.18. The van der Waals surface area contributed by atoms with Gasteiger partial charge >= 0.3 is 0 Å². The Bertz CT molecular complexity index is 846. The van der Waals surface area contributed by atoms with E-state index in [-0.39, 0.29) is 0 Å². The molecule has 0 spiro atoms. The maximum absolute atomic E-state index is 6.48. The Labute approximate surface area is 208 Å². The van der Waals surface area contributed by atoms with E-state index >= 15 is 0 Å². The summed E-state index contributed by atoms with van der Waals surface area (Å²) in [6.07, 6.45) is 24.4. The summed E-state index contributed by atoms with van der Waals surface area (Å²) in [5.74, 6) is 2.99. The summed E-state index contributed by atoms with van der Waals surface area (Å²) in [6, 6.07) is 17.1. The van der Waals surface area contributed by atoms with Gasteiger partial charge in [0, 0.05) is 12.7 Å². The zero-order chi connectivity index (χ0) is 23.4. The molecule has 0 saturated heterocycles. The Morgan fingerprint density at radius 1 is 0.588 bits per heavy atom. The highest BCUT2D eigenvalue weighted by molar-refractivity contribution is 5.70. The number of hydrogen-bond acceptors (Lipinski definition) is 2. The molecule has 34 heavy (non-hydrogen) atoms. The van der Waals surface area contributed by atoms with Crippen LogP contribution in [0.4, 0.5) is 5.69 Å². The zero-order valence-electron chi connectivity index (χ0n) is 21.3. The molecular weight excluding hydrogens is 414 g/mol. The van der Waals surface area contributed by atoms with E-state index in [9.17, 15) is 0 Å². The summed E-state index contributed by atoms with van der Waals surface area (Å²) in [6.45, 7) is 0. The van der Waals surface area contributed by atoms with Gasteiger partial charge in [0.2, 0.25) is 0 Å². The SMILES string of the molecule is CNc1ccc(/C=C/c2ccc(OC3CCCCC(C4CCCCCCC4)CCC3)cc2)cc1. The summed E-state index contributed by atoms with van der Waals surface area (Å²) >= 11 is 0. The third-order valence-corrected chi connectivity index (χ3v) is 8.12. The van der Waals surface area contributed by atoms with Crippen LogP contribution in [0.3, 0.4) is 0 Å². The largest absolute Gasteiger partial charge is 0.490 e. The van der Waals surface area contributed by atoms with Gasteiger partial charge in [-0.2, -0.15) is 0 Å². The van der Waals surface area contributed by atoms with Gasteiger partial charge < -0.3 is 10.1 Å². The summed E-state index contributed by atoms with van der Waals surface area (Å²) in [5, 5.41) is 3.16. The molecule has 2 aliphatic carbocycles. The van der Waals surface area contributed by atoms with Crippen LogP contribution >= 0.6 is 0 Å². The van der Waals surface area contributed by atoms with Gasteiger partial charge in [-0.1, -0.05) is 101 Å². The van der Waals surface area contributed by atoms with Crippen LogP contribution in [0.25, 0.3) is 12.2 Å². The summed E-state index contributed by atoms with van der Waals surface area (Å²) in [7, 11) is 1.95. The first-order valence-electron chi connectivity index (χ1n) is 14.0. The molecule has 2 aromatic rings. The van der Waals surface area contributed by atoms with Crippen LogP contribution in [0.2, 0.25) is 0 Å². The molecule has 1 N–H and O–H groups in total. The normalized spacial score (nSPS) is 23.3. The number of ether oxygens (including phenoxy) is 1. The molecule has 2 nitrogen and oxygen atoms in total. The van der Waals surface area contributed by atoms with E-state index in [1.807, 2.05) is 7.05 Å². The molecule has 2 unspecified atom stereocenters. The standard InChI is InChI=1S/C32H45NO/c1-33-30-22-18-26(19-23-30)16-17-27-20-24-32(25-21-27)34-31-14-8-7-12-29(13-9-15-31)28-10-5-3-2-4-6-11-28/h16-25,28-29,31,33H,2-15H2,1H3/b17-16+. The first-order chi connectivity index (χ1) is 16.8. The summed E-state index contributed by atoms with van der Waals surface area (Å²) in [5.41, 5.74) is 3.56. The second kappa shape index (κ2) is 13.6. The van der Waals surface area contributed by atoms with E-state index in [0.717, 1.165) is 23.3 Å². The van der Waals surface area contributed by atoms with Gasteiger partial charge in [0.25, 0.3) is 0 Å². The van der Waals surface area contributed by atoms with Crippen molar-refractivity contribution >= 4 is 17.8 Å². The van der Waals surface area contributed by atoms with E-state index in [4.69, 9.17) is 4.74 Å². The lowest BCUT2D eigenvalue weighted by Gasteiger charge is -2.28. The fraction of sp³-hybridized carbons (Fsp3) is 0.562. The number of hydrogen-bond donors (Lipinski definition) is 1. The maximum Gasteiger partial charge on any atom is 0.119 e. The fourth-order valence-electron chi connectivity index (χ4n) is 6.03. The number of nitrogens with one attached hydrogen (secondary N) is 1. The molecule has 0 bridgehead atoms. The molecule has 0 heterocycles. The average molecular weight is 460 g/mol. The van der Waals surface area contributed by atoms with E-state index in [0.29, 0.717) is 6.10 Å². The number of benzene rings is 2. The van der Waals surface area contributed by atoms with Gasteiger partial charge in [-0.05, 0) is 72.9 Å². The Hall–Kier alpha value is -2.22. The van der Waals surface area contributed by atoms with Crippen molar-refractivity contribution in [2.75, 3.05) is 12.4 Å². The van der Waals surface area contributed by atoms with Gasteiger partial charge in [-0.15, -0.1) is 0 Å². The minimum Gasteiger partial charge on any atom is -0.490 e. The van der Waals surface area contributed by atoms with Crippen LogP contribution in [0, 0.1) is 11.8 Å². The molecule has 0 amide bonds. The number of rotatable bonds is 6. The van der Waals surface area contributed by atoms with Crippen molar-refractivity contribution in [1.29, 1.82) is 0 Å². The summed E-state index contributed by atoms with van der Waals surface area (Å²) in [4.78, 5) is 0. The van der Waals surface area contributed by atoms with Crippen molar-refractivity contribution in [3.05, 3.63) is 59.7 Å². The van der Waals surface area contributed by atoms with Gasteiger partial charge in [0.15, 0.2) is 0 Å². The molecule has 2 fully saturated rings. The van der Waals surface area contributed by atoms with Crippen LogP contribution < -0.4 is 10.1 Å². The lowest BCUT2D eigenvalue weighted by atomic mass is 9.77. The van der Waals surface area contributed by atoms with Gasteiger partial charge in [-0.3, -0.25) is 0 Å². The molecule has 4 rings (SSSR count). The zero-order valence-corrected chi connectivity index (χ0v) is 21.3. The number of anilines is 1. The fourth-order valence-corrected chi connectivity index (χ4v) is 6.03. The van der Waals surface area contributed by atoms with E-state index < -0.39 is 0 Å². The van der Waals surface area contributed by atoms with Crippen molar-refractivity contribution in [2.45, 2.75) is 96.0 Å². The highest BCUT2D eigenvalue weighted by Gasteiger charge is 2.24. The van der Waals surface area contributed by atoms with Crippen molar-refractivity contribution < 1.29 is 4.74 Å². The molecule has 2 aromatic carbocycles. The first kappa shape index (κ1) is 24.9. The quantitative estimate of drug-likeness (QED) is 0.434. The van der Waals surface area contributed by atoms with Gasteiger partial charge in [0.05, 0.1) is 6.10 Å². The Morgan fingerprint density at radius 3 is 1.68 bits per heavy atom. The summed E-state index contributed by atoms with van der Waals surface area (Å²) < 4.78 is 6.48. The highest BCUT2D eigenvalue weighted by atomic mass is 16.5. The first-order valence-corrected chi connectivity index (χ1v) is 14.0. The van der Waals surface area contributed by atoms with Crippen molar-refractivity contribution in [1.82, 2.24) is 0 Å². The van der Waals surface area contributed by atoms with Crippen LogP contribution in [0.1, 0.15) is 101 Å². The van der Waals surface area contributed by atoms with E-state index in [1.54, 1.807) is 0 Å². The second-order valence-corrected chi connectivity index (χ2v) is 10.6. The van der Waals surface area contributed by atoms with Crippen LogP contribution in [-0.2, 0) is 0 Å². The Kier molecular flexibility index (Phi) is 9.97. The van der Waals surface area contributed by atoms with Gasteiger partial charge in [-0.25, -0.2) is 0 Å². The minimum atomic E-state index is 0.378. The minimum absolute atomic E-state index is 0.378. The molecule has 2 atom stereocenters. The van der Waals surface area contributed by atoms with Gasteiger partial charge in [0.1, 0.15) is 5.75 Å². The van der Waals surface area contributed by atoms with Crippen molar-refractivity contribution in [2.24, 2.45) is 11.8 Å². The third kappa shape index (κ3) is 7.93. The highest BCUT2D eigenvalue weighted by Crippen LogP contribution is 2.36. The maximum atomic E-state index is 6.48. The smallest absolute Gasteiger partial charge is 0.119 e.